The summed E-state index contributed by atoms with van der Waals surface area (Å²) in [6, 6.07) is -7.39. The molecule has 12 atom stereocenters. The van der Waals surface area contributed by atoms with Crippen LogP contribution in [0.2, 0.25) is 0 Å². The maximum absolute atomic E-state index is 14.6. The fourth-order valence-corrected chi connectivity index (χ4v) is 9.97. The average Bonchev–Trinajstić information content (AvgIpc) is 1.22. The van der Waals surface area contributed by atoms with Gasteiger partial charge in [0.05, 0.1) is 18.1 Å². The first kappa shape index (κ1) is 83.8. The molecule has 2 rings (SSSR count). The number of H-pyrrole nitrogens is 1. The summed E-state index contributed by atoms with van der Waals surface area (Å²) in [7, 11) is 0. The van der Waals surface area contributed by atoms with Gasteiger partial charge in [-0.1, -0.05) is 105 Å². The number of carboxylic acid groups (broad SMARTS) is 3. The molecular formula is C64H104N16O17. The Morgan fingerprint density at radius 2 is 0.876 bits per heavy atom. The number of nitrogens with two attached hydrogens (primary N) is 2. The molecular weight excluding hydrogens is 1260 g/mol. The van der Waals surface area contributed by atoms with Crippen LogP contribution in [0.4, 0.5) is 0 Å². The van der Waals surface area contributed by atoms with Crippen molar-refractivity contribution >= 4 is 82.9 Å². The molecule has 0 saturated carbocycles. The topological polar surface area (TPSA) is 540 Å². The maximum atomic E-state index is 14.6. The molecule has 0 saturated heterocycles. The molecule has 0 spiro atoms. The summed E-state index contributed by atoms with van der Waals surface area (Å²) in [6.07, 6.45) is -0.219. The van der Waals surface area contributed by atoms with Crippen LogP contribution in [0, 0.1) is 29.1 Å². The van der Waals surface area contributed by atoms with Gasteiger partial charge in [0.2, 0.25) is 59.1 Å². The third kappa shape index (κ3) is 32.4. The van der Waals surface area contributed by atoms with Crippen molar-refractivity contribution in [2.75, 3.05) is 6.54 Å². The lowest BCUT2D eigenvalue weighted by atomic mass is 9.98. The highest BCUT2D eigenvalue weighted by atomic mass is 16.4. The number of aromatic amines is 1. The average molecular weight is 1370 g/mol. The van der Waals surface area contributed by atoms with Gasteiger partial charge in [0, 0.05) is 38.4 Å². The Kier molecular flexibility index (Phi) is 37.2. The van der Waals surface area contributed by atoms with E-state index in [-0.39, 0.29) is 75.7 Å². The van der Waals surface area contributed by atoms with E-state index in [1.165, 1.54) is 33.3 Å². The number of nitrogens with one attached hydrogen (secondary N) is 13. The predicted molar refractivity (Wildman–Crippen MR) is 355 cm³/mol. The smallest absolute Gasteiger partial charge is 0.326 e. The Morgan fingerprint density at radius 3 is 1.28 bits per heavy atom. The Balaban J connectivity index is 2.55. The monoisotopic (exact) mass is 1370 g/mol. The van der Waals surface area contributed by atoms with Gasteiger partial charge in [-0.3, -0.25) is 62.9 Å². The fourth-order valence-electron chi connectivity index (χ4n) is 9.97. The first-order valence-corrected chi connectivity index (χ1v) is 32.8. The third-order valence-electron chi connectivity index (χ3n) is 15.2. The molecule has 0 aliphatic rings. The Hall–Kier alpha value is -9.27. The number of hydrogen-bond acceptors (Lipinski definition) is 17. The largest absolute Gasteiger partial charge is 0.481 e. The zero-order chi connectivity index (χ0) is 73.2. The number of unbranched alkanes of at least 4 members (excludes halogenated alkanes) is 1. The number of carbonyl (C=O) groups is 13. The molecule has 0 unspecified atom stereocenters. The van der Waals surface area contributed by atoms with E-state index in [0.29, 0.717) is 24.1 Å². The van der Waals surface area contributed by atoms with Crippen LogP contribution in [-0.2, 0) is 75.2 Å². The zero-order valence-corrected chi connectivity index (χ0v) is 57.1. The van der Waals surface area contributed by atoms with Crippen molar-refractivity contribution in [2.24, 2.45) is 35.1 Å². The second-order valence-corrected chi connectivity index (χ2v) is 25.7. The molecule has 21 N–H and O–H groups in total. The summed E-state index contributed by atoms with van der Waals surface area (Å²) >= 11 is 0. The van der Waals surface area contributed by atoms with E-state index < -0.39 is 187 Å². The van der Waals surface area contributed by atoms with Crippen molar-refractivity contribution in [2.45, 2.75) is 232 Å². The van der Waals surface area contributed by atoms with Crippen molar-refractivity contribution < 1.29 is 82.8 Å². The van der Waals surface area contributed by atoms with Gasteiger partial charge in [-0.05, 0) is 87.5 Å². The van der Waals surface area contributed by atoms with Crippen molar-refractivity contribution in [3.8, 4) is 0 Å². The summed E-state index contributed by atoms with van der Waals surface area (Å²) in [5.74, 6) is -15.3. The molecule has 33 nitrogen and oxygen atoms in total. The van der Waals surface area contributed by atoms with Gasteiger partial charge >= 0.3 is 17.9 Å². The zero-order valence-electron chi connectivity index (χ0n) is 57.1. The Morgan fingerprint density at radius 1 is 0.495 bits per heavy atom. The molecule has 97 heavy (non-hydrogen) atoms. The lowest BCUT2D eigenvalue weighted by Gasteiger charge is -2.30. The fraction of sp³-hybridized carbons (Fsp3) is 0.641. The quantitative estimate of drug-likeness (QED) is 0.0211. The minimum atomic E-state index is -1.71. The highest BCUT2D eigenvalue weighted by Crippen LogP contribution is 2.15. The minimum absolute atomic E-state index is 0.00313. The van der Waals surface area contributed by atoms with Crippen molar-refractivity contribution in [1.82, 2.24) is 68.5 Å². The number of aliphatic hydroxyl groups is 1. The number of guanidine groups is 1. The van der Waals surface area contributed by atoms with Crippen molar-refractivity contribution in [3.63, 3.8) is 0 Å². The van der Waals surface area contributed by atoms with E-state index in [0.717, 1.165) is 0 Å². The number of carboxylic acids is 3. The molecule has 0 aliphatic carbocycles. The molecule has 1 heterocycles. The molecule has 1 aromatic heterocycles. The van der Waals surface area contributed by atoms with Crippen LogP contribution in [0.5, 0.6) is 0 Å². The number of nitrogens with zero attached hydrogens (tertiary/aromatic N) is 1. The highest BCUT2D eigenvalue weighted by molar-refractivity contribution is 5.99. The third-order valence-corrected chi connectivity index (χ3v) is 15.2. The number of amides is 10. The van der Waals surface area contributed by atoms with Gasteiger partial charge in [0.15, 0.2) is 5.96 Å². The van der Waals surface area contributed by atoms with E-state index in [4.69, 9.17) is 16.9 Å². The van der Waals surface area contributed by atoms with E-state index in [1.807, 2.05) is 6.92 Å². The van der Waals surface area contributed by atoms with Crippen molar-refractivity contribution in [3.05, 3.63) is 54.1 Å². The molecule has 1 aromatic carbocycles. The number of rotatable bonds is 46. The minimum Gasteiger partial charge on any atom is -0.481 e. The number of aliphatic hydroxyl groups excluding tert-OH is 1. The van der Waals surface area contributed by atoms with E-state index in [1.54, 1.807) is 71.9 Å². The van der Waals surface area contributed by atoms with Crippen LogP contribution < -0.4 is 70.0 Å². The van der Waals surface area contributed by atoms with Gasteiger partial charge in [-0.15, -0.1) is 0 Å². The SMILES string of the molecule is CCCC[C@H](NC(=O)[C@H](CCC(=O)O)NC(=O)[C@H](CC(C)C)NC(=O)[C@@H](NC(=O)[C@H](CCC(=O)O)NC(=O)[C@H](CCCNC(=N)N)NC(=O)[C@H](CC(C)C)NC(=O)[C@H](CC(C)C)NC(=O)[C@H](Cc1c[nH]cn1)NC(=O)[C@@H](Cc1ccccc1)NC(=O)[C@@H](N)[C@@H](C)O)C(C)C)C(=O)O. The number of aromatic nitrogens is 2. The molecule has 0 fully saturated rings. The van der Waals surface area contributed by atoms with Crippen LogP contribution in [0.15, 0.2) is 42.9 Å². The second kappa shape index (κ2) is 43.0. The number of imidazole rings is 1. The van der Waals surface area contributed by atoms with Crippen LogP contribution in [-0.4, -0.2) is 192 Å². The number of aliphatic carboxylic acids is 3. The summed E-state index contributed by atoms with van der Waals surface area (Å²) in [5, 5.41) is 75.0. The molecule has 0 aliphatic heterocycles. The normalized spacial score (nSPS) is 15.0. The first-order valence-electron chi connectivity index (χ1n) is 32.8. The highest BCUT2D eigenvalue weighted by Gasteiger charge is 2.38. The number of carbonyl (C=O) groups excluding carboxylic acids is 10. The summed E-state index contributed by atoms with van der Waals surface area (Å²) in [4.78, 5) is 184. The van der Waals surface area contributed by atoms with Crippen LogP contribution in [0.25, 0.3) is 0 Å². The first-order chi connectivity index (χ1) is 45.5. The lowest BCUT2D eigenvalue weighted by Crippen LogP contribution is -2.61. The van der Waals surface area contributed by atoms with Crippen LogP contribution >= 0.6 is 0 Å². The Bertz CT molecular complexity index is 2930. The molecule has 0 radical (unpaired) electrons. The van der Waals surface area contributed by atoms with Crippen LogP contribution in [0.1, 0.15) is 158 Å². The van der Waals surface area contributed by atoms with Gasteiger partial charge in [-0.2, -0.15) is 0 Å². The molecule has 0 bridgehead atoms. The van der Waals surface area contributed by atoms with Crippen molar-refractivity contribution in [1.29, 1.82) is 5.41 Å². The van der Waals surface area contributed by atoms with E-state index in [2.05, 4.69) is 68.5 Å². The van der Waals surface area contributed by atoms with E-state index in [9.17, 15) is 82.8 Å². The Labute approximate surface area is 565 Å². The standard InChI is InChI=1S/C64H104N16O17/c1-11-12-19-43(63(96)97)74-54(87)41(21-23-49(82)83)73-57(90)46(28-35(6)7)79-62(95)52(36(8)9)80-55(88)42(22-24-50(84)85)72-53(86)40(20-16-25-69-64(66)67)71-56(89)44(26-33(2)3)75-58(91)45(27-34(4)5)76-60(93)48(30-39-31-68-32-70-39)77-59(92)47(29-38-17-14-13-15-18-38)78-61(94)51(65)37(10)81/h13-15,17-18,31-37,40-48,51-52,81H,11-12,16,19-30,65H2,1-10H3,(H,68,70)(H,71,89)(H,72,86)(H,73,90)(H,74,87)(H,75,91)(H,76,93)(H,77,92)(H,78,94)(H,79,95)(H,80,88)(H,82,83)(H,84,85)(H,96,97)(H4,66,67,69)/t37-,40+,41+,42+,43+,44+,45+,46+,47-,48+,51+,52+/m1/s1. The van der Waals surface area contributed by atoms with E-state index >= 15 is 0 Å². The lowest BCUT2D eigenvalue weighted by molar-refractivity contribution is -0.143. The number of hydrogen-bond donors (Lipinski definition) is 19. The second-order valence-electron chi connectivity index (χ2n) is 25.7. The molecule has 33 heteroatoms. The van der Waals surface area contributed by atoms with Gasteiger partial charge < -0.3 is 95.4 Å². The summed E-state index contributed by atoms with van der Waals surface area (Å²) in [5.41, 5.74) is 12.4. The maximum Gasteiger partial charge on any atom is 0.326 e. The molecule has 542 valence electrons. The molecule has 10 amide bonds. The summed E-state index contributed by atoms with van der Waals surface area (Å²) in [6.45, 7) is 16.7. The molecule has 2 aromatic rings. The predicted octanol–water partition coefficient (Wildman–Crippen LogP) is -1.19. The van der Waals surface area contributed by atoms with Gasteiger partial charge in [0.1, 0.15) is 66.5 Å². The van der Waals surface area contributed by atoms with Gasteiger partial charge in [-0.25, -0.2) is 9.78 Å². The number of benzene rings is 1. The summed E-state index contributed by atoms with van der Waals surface area (Å²) < 4.78 is 0. The van der Waals surface area contributed by atoms with Gasteiger partial charge in [0.25, 0.3) is 0 Å². The van der Waals surface area contributed by atoms with Crippen LogP contribution in [0.3, 0.4) is 0 Å².